The largest absolute Gasteiger partial charge is 0.365 e. The van der Waals surface area contributed by atoms with Crippen molar-refractivity contribution in [2.24, 2.45) is 0 Å². The van der Waals surface area contributed by atoms with Gasteiger partial charge in [-0.3, -0.25) is 14.2 Å². The molecule has 0 saturated heterocycles. The number of carbonyl (C=O) groups excluding carboxylic acids is 1. The third-order valence-electron chi connectivity index (χ3n) is 7.64. The zero-order valence-electron chi connectivity index (χ0n) is 19.1. The van der Waals surface area contributed by atoms with Crippen molar-refractivity contribution < 1.29 is 4.79 Å². The Hall–Kier alpha value is -2.97. The molecule has 2 aliphatic heterocycles. The first kappa shape index (κ1) is 21.6. The SMILES string of the molecule is O=C(NCc1cc2c(s1)CNC2)C1CCc2cnc(NCC3(c4ccccc4)CCC3)c(=O)n21. The van der Waals surface area contributed by atoms with Crippen LogP contribution < -0.4 is 21.5 Å². The van der Waals surface area contributed by atoms with Crippen molar-refractivity contribution in [3.63, 3.8) is 0 Å². The number of thiophene rings is 1. The van der Waals surface area contributed by atoms with Crippen molar-refractivity contribution in [3.05, 3.63) is 79.5 Å². The van der Waals surface area contributed by atoms with Crippen LogP contribution in [0.1, 0.15) is 58.3 Å². The minimum atomic E-state index is -0.480. The van der Waals surface area contributed by atoms with Crippen LogP contribution in [-0.4, -0.2) is 22.0 Å². The monoisotopic (exact) mass is 475 g/mol. The number of nitrogens with zero attached hydrogens (tertiary/aromatic N) is 2. The Kier molecular flexibility index (Phi) is 5.50. The van der Waals surface area contributed by atoms with Gasteiger partial charge in [0, 0.05) is 46.7 Å². The number of amides is 1. The minimum absolute atomic E-state index is 0.0480. The summed E-state index contributed by atoms with van der Waals surface area (Å²) in [7, 11) is 0. The van der Waals surface area contributed by atoms with Gasteiger partial charge in [0.2, 0.25) is 5.91 Å². The Morgan fingerprint density at radius 3 is 2.85 bits per heavy atom. The first-order valence-corrected chi connectivity index (χ1v) is 12.9. The van der Waals surface area contributed by atoms with Crippen molar-refractivity contribution in [2.75, 3.05) is 11.9 Å². The van der Waals surface area contributed by atoms with Crippen LogP contribution in [0.5, 0.6) is 0 Å². The van der Waals surface area contributed by atoms with Gasteiger partial charge in [0.25, 0.3) is 5.56 Å². The normalized spacial score (nSPS) is 19.8. The molecule has 0 radical (unpaired) electrons. The van der Waals surface area contributed by atoms with Gasteiger partial charge < -0.3 is 16.0 Å². The Bertz CT molecular complexity index is 1260. The molecule has 3 aliphatic rings. The highest BCUT2D eigenvalue weighted by molar-refractivity contribution is 7.12. The van der Waals surface area contributed by atoms with Crippen LogP contribution in [0, 0.1) is 0 Å². The Balaban J connectivity index is 1.16. The van der Waals surface area contributed by atoms with E-state index >= 15 is 0 Å². The van der Waals surface area contributed by atoms with E-state index in [0.29, 0.717) is 31.7 Å². The molecule has 176 valence electrons. The van der Waals surface area contributed by atoms with Gasteiger partial charge in [-0.1, -0.05) is 36.8 Å². The van der Waals surface area contributed by atoms with Crippen LogP contribution in [-0.2, 0) is 36.3 Å². The van der Waals surface area contributed by atoms with Gasteiger partial charge in [-0.2, -0.15) is 0 Å². The molecule has 2 aromatic heterocycles. The highest BCUT2D eigenvalue weighted by atomic mass is 32.1. The second kappa shape index (κ2) is 8.67. The van der Waals surface area contributed by atoms with Crippen LogP contribution in [0.3, 0.4) is 0 Å². The summed E-state index contributed by atoms with van der Waals surface area (Å²) in [5.41, 5.74) is 3.32. The molecular formula is C26H29N5O2S. The van der Waals surface area contributed by atoms with Crippen LogP contribution in [0.15, 0.2) is 47.4 Å². The molecule has 1 unspecified atom stereocenters. The van der Waals surface area contributed by atoms with Crippen LogP contribution >= 0.6 is 11.3 Å². The summed E-state index contributed by atoms with van der Waals surface area (Å²) in [5.74, 6) is 0.247. The molecule has 1 amide bonds. The zero-order chi connectivity index (χ0) is 23.1. The maximum Gasteiger partial charge on any atom is 0.294 e. The number of aryl methyl sites for hydroxylation is 1. The van der Waals surface area contributed by atoms with Crippen LogP contribution in [0.25, 0.3) is 0 Å². The molecule has 3 aromatic rings. The molecule has 1 fully saturated rings. The first-order valence-electron chi connectivity index (χ1n) is 12.1. The summed E-state index contributed by atoms with van der Waals surface area (Å²) in [5, 5.41) is 9.74. The number of benzene rings is 1. The maximum atomic E-state index is 13.4. The van der Waals surface area contributed by atoms with Crippen LogP contribution in [0.4, 0.5) is 5.82 Å². The molecule has 1 aliphatic carbocycles. The summed E-state index contributed by atoms with van der Waals surface area (Å²) in [6, 6.07) is 12.2. The fourth-order valence-electron chi connectivity index (χ4n) is 5.54. The maximum absolute atomic E-state index is 13.4. The highest BCUT2D eigenvalue weighted by Gasteiger charge is 2.39. The fourth-order valence-corrected chi connectivity index (χ4v) is 6.64. The predicted octanol–water partition coefficient (Wildman–Crippen LogP) is 3.25. The average molecular weight is 476 g/mol. The molecule has 4 heterocycles. The minimum Gasteiger partial charge on any atom is -0.365 e. The molecule has 8 heteroatoms. The lowest BCUT2D eigenvalue weighted by molar-refractivity contribution is -0.124. The standard InChI is InChI=1S/C26H29N5O2S/c32-24(29-14-20-11-17-12-27-15-22(17)34-20)21-8-7-19-13-28-23(25(33)31(19)21)30-16-26(9-4-10-26)18-5-2-1-3-6-18/h1-3,5-6,11,13,21,27H,4,7-10,12,14-16H2,(H,28,30)(H,29,32). The highest BCUT2D eigenvalue weighted by Crippen LogP contribution is 2.43. The number of carbonyl (C=O) groups is 1. The number of hydrogen-bond donors (Lipinski definition) is 3. The van der Waals surface area contributed by atoms with Gasteiger partial charge in [0.05, 0.1) is 6.54 Å². The molecule has 0 spiro atoms. The Morgan fingerprint density at radius 2 is 2.09 bits per heavy atom. The van der Waals surface area contributed by atoms with Crippen molar-refractivity contribution in [3.8, 4) is 0 Å². The summed E-state index contributed by atoms with van der Waals surface area (Å²) in [6.45, 7) is 2.99. The molecule has 1 saturated carbocycles. The number of hydrogen-bond acceptors (Lipinski definition) is 6. The lowest BCUT2D eigenvalue weighted by Gasteiger charge is -2.42. The van der Waals surface area contributed by atoms with Gasteiger partial charge in [0.1, 0.15) is 6.04 Å². The molecular weight excluding hydrogens is 446 g/mol. The second-order valence-corrected chi connectivity index (χ2v) is 10.9. The van der Waals surface area contributed by atoms with E-state index in [-0.39, 0.29) is 16.9 Å². The van der Waals surface area contributed by atoms with E-state index in [1.54, 1.807) is 22.1 Å². The molecule has 1 aromatic carbocycles. The number of aromatic nitrogens is 2. The quantitative estimate of drug-likeness (QED) is 0.488. The van der Waals surface area contributed by atoms with Crippen LogP contribution in [0.2, 0.25) is 0 Å². The molecule has 34 heavy (non-hydrogen) atoms. The Labute approximate surface area is 202 Å². The van der Waals surface area contributed by atoms with Gasteiger partial charge in [0.15, 0.2) is 5.82 Å². The van der Waals surface area contributed by atoms with E-state index in [0.717, 1.165) is 36.5 Å². The van der Waals surface area contributed by atoms with E-state index in [2.05, 4.69) is 51.3 Å². The third kappa shape index (κ3) is 3.75. The van der Waals surface area contributed by atoms with Gasteiger partial charge >= 0.3 is 0 Å². The smallest absolute Gasteiger partial charge is 0.294 e. The number of anilines is 1. The second-order valence-electron chi connectivity index (χ2n) is 9.66. The van der Waals surface area contributed by atoms with Gasteiger partial charge in [-0.05, 0) is 42.9 Å². The molecule has 0 bridgehead atoms. The lowest BCUT2D eigenvalue weighted by Crippen LogP contribution is -2.42. The lowest BCUT2D eigenvalue weighted by atomic mass is 9.64. The van der Waals surface area contributed by atoms with Crippen molar-refractivity contribution in [1.29, 1.82) is 0 Å². The fraction of sp³-hybridized carbons (Fsp3) is 0.423. The van der Waals surface area contributed by atoms with E-state index in [4.69, 9.17) is 0 Å². The topological polar surface area (TPSA) is 88.1 Å². The molecule has 7 nitrogen and oxygen atoms in total. The van der Waals surface area contributed by atoms with E-state index in [9.17, 15) is 9.59 Å². The summed E-state index contributed by atoms with van der Waals surface area (Å²) >= 11 is 1.75. The molecule has 6 rings (SSSR count). The zero-order valence-corrected chi connectivity index (χ0v) is 19.9. The average Bonchev–Trinajstić information content (AvgIpc) is 3.54. The molecule has 3 N–H and O–H groups in total. The molecule has 1 atom stereocenters. The van der Waals surface area contributed by atoms with Gasteiger partial charge in [-0.15, -0.1) is 11.3 Å². The van der Waals surface area contributed by atoms with Crippen molar-refractivity contribution in [1.82, 2.24) is 20.2 Å². The predicted molar refractivity (Wildman–Crippen MR) is 133 cm³/mol. The number of rotatable bonds is 7. The van der Waals surface area contributed by atoms with Crippen molar-refractivity contribution in [2.45, 2.75) is 63.2 Å². The first-order chi connectivity index (χ1) is 16.6. The Morgan fingerprint density at radius 1 is 1.24 bits per heavy atom. The summed E-state index contributed by atoms with van der Waals surface area (Å²) < 4.78 is 1.65. The third-order valence-corrected chi connectivity index (χ3v) is 8.82. The summed E-state index contributed by atoms with van der Waals surface area (Å²) in [6.07, 6.45) is 6.47. The number of nitrogens with one attached hydrogen (secondary N) is 3. The van der Waals surface area contributed by atoms with E-state index < -0.39 is 6.04 Å². The van der Waals surface area contributed by atoms with Crippen molar-refractivity contribution >= 4 is 23.1 Å². The van der Waals surface area contributed by atoms with Gasteiger partial charge in [-0.25, -0.2) is 4.98 Å². The summed E-state index contributed by atoms with van der Waals surface area (Å²) in [4.78, 5) is 33.4. The van der Waals surface area contributed by atoms with E-state index in [1.807, 2.05) is 6.07 Å². The van der Waals surface area contributed by atoms with E-state index in [1.165, 1.54) is 22.4 Å². The number of fused-ring (bicyclic) bond motifs is 2.